The molecule has 0 aliphatic carbocycles. The normalized spacial score (nSPS) is 18.2. The zero-order valence-electron chi connectivity index (χ0n) is 15.4. The molecule has 4 amide bonds. The van der Waals surface area contributed by atoms with Crippen molar-refractivity contribution >= 4 is 40.3 Å². The molecule has 0 bridgehead atoms. The quantitative estimate of drug-likeness (QED) is 0.752. The summed E-state index contributed by atoms with van der Waals surface area (Å²) in [6, 6.07) is 10.1. The number of ether oxygens (including phenoxy) is 1. The minimum Gasteiger partial charge on any atom is -0.465 e. The van der Waals surface area contributed by atoms with Gasteiger partial charge in [-0.3, -0.25) is 19.4 Å². The van der Waals surface area contributed by atoms with Crippen LogP contribution in [0.3, 0.4) is 0 Å². The van der Waals surface area contributed by atoms with Crippen molar-refractivity contribution in [2.45, 2.75) is 12.6 Å². The highest BCUT2D eigenvalue weighted by molar-refractivity contribution is 7.16. The van der Waals surface area contributed by atoms with Crippen LogP contribution in [-0.2, 0) is 11.3 Å². The molecule has 1 fully saturated rings. The van der Waals surface area contributed by atoms with Gasteiger partial charge in [-0.25, -0.2) is 9.59 Å². The lowest BCUT2D eigenvalue weighted by Crippen LogP contribution is -2.38. The summed E-state index contributed by atoms with van der Waals surface area (Å²) in [5.74, 6) is -0.787. The van der Waals surface area contributed by atoms with Crippen molar-refractivity contribution in [3.05, 3.63) is 52.4 Å². The first-order valence-corrected chi connectivity index (χ1v) is 9.63. The Balaban J connectivity index is 1.43. The third kappa shape index (κ3) is 3.42. The van der Waals surface area contributed by atoms with Crippen molar-refractivity contribution in [1.82, 2.24) is 9.80 Å². The van der Waals surface area contributed by atoms with E-state index < -0.39 is 30.1 Å². The summed E-state index contributed by atoms with van der Waals surface area (Å²) >= 11 is 1.29. The molecule has 1 saturated heterocycles. The molecule has 0 spiro atoms. The number of fused-ring (bicyclic) bond motifs is 1. The molecule has 1 aromatic heterocycles. The van der Waals surface area contributed by atoms with Crippen LogP contribution in [-0.4, -0.2) is 65.1 Å². The highest BCUT2D eigenvalue weighted by atomic mass is 32.1. The standard InChI is InChI=1S/C19H17N3O6S/c1-20(18(25)26)10-12-6-7-15(29-12)21-8-11(28-19(21)27)9-22-16(23)13-4-2-3-5-14(13)17(22)24/h2-7,11H,8-10H2,1H3,(H,25,26)/t11-/m1/s1. The van der Waals surface area contributed by atoms with Gasteiger partial charge in [-0.05, 0) is 24.3 Å². The number of rotatable bonds is 5. The number of imide groups is 1. The Hall–Kier alpha value is -3.40. The van der Waals surface area contributed by atoms with Gasteiger partial charge in [0.2, 0.25) is 0 Å². The number of benzene rings is 1. The number of carboxylic acid groups (broad SMARTS) is 1. The second-order valence-corrected chi connectivity index (χ2v) is 7.91. The summed E-state index contributed by atoms with van der Waals surface area (Å²) in [5, 5.41) is 9.59. The van der Waals surface area contributed by atoms with Crippen molar-refractivity contribution in [3.8, 4) is 0 Å². The fraction of sp³-hybridized carbons (Fsp3) is 0.263. The van der Waals surface area contributed by atoms with Crippen LogP contribution >= 0.6 is 11.3 Å². The number of nitrogens with zero attached hydrogens (tertiary/aromatic N) is 3. The van der Waals surface area contributed by atoms with E-state index in [1.165, 1.54) is 23.3 Å². The van der Waals surface area contributed by atoms with Crippen LogP contribution in [0, 0.1) is 0 Å². The number of cyclic esters (lactones) is 1. The predicted molar refractivity (Wildman–Crippen MR) is 103 cm³/mol. The molecule has 1 atom stereocenters. The Labute approximate surface area is 169 Å². The third-order valence-electron chi connectivity index (χ3n) is 4.77. The summed E-state index contributed by atoms with van der Waals surface area (Å²) < 4.78 is 5.36. The largest absolute Gasteiger partial charge is 0.465 e. The molecule has 3 heterocycles. The molecule has 9 nitrogen and oxygen atoms in total. The van der Waals surface area contributed by atoms with Crippen LogP contribution in [0.2, 0.25) is 0 Å². The minimum atomic E-state index is -1.04. The monoisotopic (exact) mass is 415 g/mol. The molecule has 29 heavy (non-hydrogen) atoms. The van der Waals surface area contributed by atoms with Crippen molar-refractivity contribution in [1.29, 1.82) is 0 Å². The number of amides is 4. The van der Waals surface area contributed by atoms with Crippen LogP contribution in [0.25, 0.3) is 0 Å². The van der Waals surface area contributed by atoms with E-state index in [2.05, 4.69) is 0 Å². The number of anilines is 1. The van der Waals surface area contributed by atoms with Crippen LogP contribution in [0.1, 0.15) is 25.6 Å². The lowest BCUT2D eigenvalue weighted by Gasteiger charge is -2.17. The van der Waals surface area contributed by atoms with E-state index in [1.54, 1.807) is 36.4 Å². The van der Waals surface area contributed by atoms with Gasteiger partial charge in [-0.15, -0.1) is 11.3 Å². The Kier molecular flexibility index (Phi) is 4.71. The van der Waals surface area contributed by atoms with Gasteiger partial charge in [-0.2, -0.15) is 0 Å². The Bertz CT molecular complexity index is 984. The highest BCUT2D eigenvalue weighted by Gasteiger charge is 2.41. The van der Waals surface area contributed by atoms with Crippen molar-refractivity contribution in [2.24, 2.45) is 0 Å². The lowest BCUT2D eigenvalue weighted by atomic mass is 10.1. The van der Waals surface area contributed by atoms with Gasteiger partial charge in [0.1, 0.15) is 11.1 Å². The predicted octanol–water partition coefficient (Wildman–Crippen LogP) is 2.48. The van der Waals surface area contributed by atoms with Crippen LogP contribution in [0.4, 0.5) is 14.6 Å². The topological polar surface area (TPSA) is 107 Å². The lowest BCUT2D eigenvalue weighted by molar-refractivity contribution is 0.0558. The van der Waals surface area contributed by atoms with E-state index in [0.717, 1.165) is 14.7 Å². The van der Waals surface area contributed by atoms with Crippen LogP contribution in [0.5, 0.6) is 0 Å². The van der Waals surface area contributed by atoms with E-state index in [1.807, 2.05) is 0 Å². The van der Waals surface area contributed by atoms with Gasteiger partial charge >= 0.3 is 12.2 Å². The average molecular weight is 415 g/mol. The number of carbonyl (C=O) groups is 4. The molecular formula is C19H17N3O6S. The zero-order valence-corrected chi connectivity index (χ0v) is 16.2. The van der Waals surface area contributed by atoms with E-state index in [4.69, 9.17) is 9.84 Å². The van der Waals surface area contributed by atoms with Crippen molar-refractivity contribution in [2.75, 3.05) is 25.0 Å². The molecule has 1 N–H and O–H groups in total. The van der Waals surface area contributed by atoms with E-state index in [-0.39, 0.29) is 19.6 Å². The summed E-state index contributed by atoms with van der Waals surface area (Å²) in [4.78, 5) is 52.7. The SMILES string of the molecule is CN(Cc1ccc(N2C[C@H](CN3C(=O)c4ccccc4C3=O)OC2=O)s1)C(=O)O. The zero-order chi connectivity index (χ0) is 20.7. The second kappa shape index (κ2) is 7.21. The van der Waals surface area contributed by atoms with Crippen LogP contribution in [0.15, 0.2) is 36.4 Å². The number of hydrogen-bond acceptors (Lipinski definition) is 6. The first-order chi connectivity index (χ1) is 13.8. The number of carbonyl (C=O) groups excluding carboxylic acids is 3. The fourth-order valence-electron chi connectivity index (χ4n) is 3.30. The van der Waals surface area contributed by atoms with Gasteiger partial charge in [-0.1, -0.05) is 12.1 Å². The average Bonchev–Trinajstić information content (AvgIpc) is 3.36. The summed E-state index contributed by atoms with van der Waals surface area (Å²) in [5.41, 5.74) is 0.702. The summed E-state index contributed by atoms with van der Waals surface area (Å²) in [6.45, 7) is 0.386. The number of hydrogen-bond donors (Lipinski definition) is 1. The third-order valence-corrected chi connectivity index (χ3v) is 5.86. The van der Waals surface area contributed by atoms with Gasteiger partial charge in [0.05, 0.1) is 30.8 Å². The maximum Gasteiger partial charge on any atom is 0.415 e. The molecular weight excluding hydrogens is 398 g/mol. The highest BCUT2D eigenvalue weighted by Crippen LogP contribution is 2.31. The van der Waals surface area contributed by atoms with Gasteiger partial charge in [0.15, 0.2) is 0 Å². The molecule has 10 heteroatoms. The Morgan fingerprint density at radius 3 is 2.45 bits per heavy atom. The van der Waals surface area contributed by atoms with Gasteiger partial charge in [0.25, 0.3) is 11.8 Å². The van der Waals surface area contributed by atoms with Crippen molar-refractivity contribution < 1.29 is 29.0 Å². The van der Waals surface area contributed by atoms with Gasteiger partial charge < -0.3 is 14.7 Å². The smallest absolute Gasteiger partial charge is 0.415 e. The molecule has 150 valence electrons. The number of thiophene rings is 1. The molecule has 0 radical (unpaired) electrons. The molecule has 4 rings (SSSR count). The van der Waals surface area contributed by atoms with Gasteiger partial charge in [0, 0.05) is 11.9 Å². The molecule has 2 aliphatic rings. The van der Waals surface area contributed by atoms with E-state index in [9.17, 15) is 19.2 Å². The molecule has 2 aromatic rings. The summed E-state index contributed by atoms with van der Waals surface area (Å²) in [6.07, 6.45) is -2.25. The van der Waals surface area contributed by atoms with Crippen molar-refractivity contribution in [3.63, 3.8) is 0 Å². The Morgan fingerprint density at radius 2 is 1.83 bits per heavy atom. The molecule has 2 aliphatic heterocycles. The molecule has 0 unspecified atom stereocenters. The maximum atomic E-state index is 12.5. The second-order valence-electron chi connectivity index (χ2n) is 6.76. The maximum absolute atomic E-state index is 12.5. The summed E-state index contributed by atoms with van der Waals surface area (Å²) in [7, 11) is 1.46. The van der Waals surface area contributed by atoms with E-state index >= 15 is 0 Å². The van der Waals surface area contributed by atoms with Crippen LogP contribution < -0.4 is 4.90 Å². The first kappa shape index (κ1) is 18.9. The molecule has 1 aromatic carbocycles. The van der Waals surface area contributed by atoms with E-state index in [0.29, 0.717) is 16.1 Å². The minimum absolute atomic E-state index is 0.0193. The molecule has 0 saturated carbocycles. The Morgan fingerprint density at radius 1 is 1.17 bits per heavy atom. The first-order valence-electron chi connectivity index (χ1n) is 8.81. The fourth-order valence-corrected chi connectivity index (χ4v) is 4.36.